The maximum Gasteiger partial charge on any atom is 0.257 e. The molecule has 3 amide bonds. The van der Waals surface area contributed by atoms with Crippen LogP contribution in [-0.2, 0) is 14.3 Å². The van der Waals surface area contributed by atoms with Gasteiger partial charge in [0.25, 0.3) is 11.8 Å². The molecule has 2 aliphatic heterocycles. The third-order valence-electron chi connectivity index (χ3n) is 5.74. The lowest BCUT2D eigenvalue weighted by molar-refractivity contribution is -0.122. The van der Waals surface area contributed by atoms with Crippen LogP contribution in [0.15, 0.2) is 48.5 Å². The largest absolute Gasteiger partial charge is 0.376 e. The van der Waals surface area contributed by atoms with Gasteiger partial charge in [-0.25, -0.2) is 4.90 Å². The Kier molecular flexibility index (Phi) is 5.83. The molecule has 158 valence electrons. The van der Waals surface area contributed by atoms with Crippen LogP contribution in [0.5, 0.6) is 0 Å². The lowest BCUT2D eigenvalue weighted by Crippen LogP contribution is -2.48. The molecule has 2 atom stereocenters. The van der Waals surface area contributed by atoms with Gasteiger partial charge in [-0.1, -0.05) is 17.7 Å². The van der Waals surface area contributed by atoms with Crippen LogP contribution < -0.4 is 4.90 Å². The second-order valence-corrected chi connectivity index (χ2v) is 7.90. The summed E-state index contributed by atoms with van der Waals surface area (Å²) in [6.07, 6.45) is 1.49. The fourth-order valence-electron chi connectivity index (χ4n) is 4.04. The van der Waals surface area contributed by atoms with E-state index < -0.39 is 11.9 Å². The zero-order chi connectivity index (χ0) is 22.0. The summed E-state index contributed by atoms with van der Waals surface area (Å²) in [6.45, 7) is 2.83. The van der Waals surface area contributed by atoms with E-state index in [2.05, 4.69) is 0 Å². The van der Waals surface area contributed by atoms with Crippen molar-refractivity contribution in [2.45, 2.75) is 38.3 Å². The molecule has 0 radical (unpaired) electrons. The Bertz CT molecular complexity index is 1030. The molecule has 0 aromatic heterocycles. The van der Waals surface area contributed by atoms with E-state index in [-0.39, 0.29) is 30.9 Å². The molecule has 0 aliphatic carbocycles. The zero-order valence-corrected chi connectivity index (χ0v) is 17.3. The van der Waals surface area contributed by atoms with Gasteiger partial charge in [0.2, 0.25) is 5.91 Å². The molecule has 7 nitrogen and oxygen atoms in total. The third-order valence-corrected chi connectivity index (χ3v) is 5.74. The highest BCUT2D eigenvalue weighted by Crippen LogP contribution is 2.28. The lowest BCUT2D eigenvalue weighted by Gasteiger charge is -2.30. The third kappa shape index (κ3) is 4.21. The number of imide groups is 1. The number of amides is 3. The Morgan fingerprint density at radius 1 is 1.16 bits per heavy atom. The zero-order valence-electron chi connectivity index (χ0n) is 17.3. The highest BCUT2D eigenvalue weighted by Gasteiger charge is 2.45. The van der Waals surface area contributed by atoms with Gasteiger partial charge in [0, 0.05) is 18.7 Å². The molecule has 0 N–H and O–H groups in total. The Morgan fingerprint density at radius 3 is 2.48 bits per heavy atom. The first kappa shape index (κ1) is 20.8. The molecule has 2 unspecified atom stereocenters. The predicted molar refractivity (Wildman–Crippen MR) is 113 cm³/mol. The minimum absolute atomic E-state index is 0.0802. The number of nitrogens with zero attached hydrogens (tertiary/aromatic N) is 3. The number of ether oxygens (including phenoxy) is 1. The van der Waals surface area contributed by atoms with Crippen molar-refractivity contribution in [3.05, 3.63) is 65.2 Å². The quantitative estimate of drug-likeness (QED) is 0.698. The van der Waals surface area contributed by atoms with Gasteiger partial charge in [0.1, 0.15) is 6.04 Å². The molecule has 2 saturated heterocycles. The number of hydrogen-bond acceptors (Lipinski definition) is 5. The minimum Gasteiger partial charge on any atom is -0.376 e. The maximum atomic E-state index is 13.4. The predicted octanol–water partition coefficient (Wildman–Crippen LogP) is 2.82. The first-order valence-corrected chi connectivity index (χ1v) is 10.3. The Morgan fingerprint density at radius 2 is 1.87 bits per heavy atom. The number of carbonyl (C=O) groups excluding carboxylic acids is 3. The molecule has 7 heteroatoms. The van der Waals surface area contributed by atoms with Crippen LogP contribution in [-0.4, -0.2) is 47.9 Å². The van der Waals surface area contributed by atoms with E-state index in [0.29, 0.717) is 23.4 Å². The fourth-order valence-corrected chi connectivity index (χ4v) is 4.04. The minimum atomic E-state index is -0.888. The number of carbonyl (C=O) groups is 3. The van der Waals surface area contributed by atoms with Crippen LogP contribution in [0.2, 0.25) is 0 Å². The molecule has 2 fully saturated rings. The van der Waals surface area contributed by atoms with Crippen LogP contribution in [0.25, 0.3) is 0 Å². The molecule has 4 rings (SSSR count). The van der Waals surface area contributed by atoms with Crippen molar-refractivity contribution in [1.82, 2.24) is 4.90 Å². The van der Waals surface area contributed by atoms with Gasteiger partial charge in [-0.2, -0.15) is 5.26 Å². The van der Waals surface area contributed by atoms with Gasteiger partial charge in [-0.3, -0.25) is 14.4 Å². The van der Waals surface area contributed by atoms with Crippen molar-refractivity contribution in [1.29, 1.82) is 5.26 Å². The summed E-state index contributed by atoms with van der Waals surface area (Å²) in [5.41, 5.74) is 2.34. The number of benzene rings is 2. The van der Waals surface area contributed by atoms with Crippen LogP contribution >= 0.6 is 0 Å². The number of rotatable bonds is 5. The highest BCUT2D eigenvalue weighted by atomic mass is 16.5. The molecular weight excluding hydrogens is 394 g/mol. The summed E-state index contributed by atoms with van der Waals surface area (Å²) >= 11 is 0. The molecule has 2 aromatic rings. The summed E-state index contributed by atoms with van der Waals surface area (Å²) in [7, 11) is 0. The van der Waals surface area contributed by atoms with Crippen LogP contribution in [0.3, 0.4) is 0 Å². The van der Waals surface area contributed by atoms with E-state index >= 15 is 0 Å². The first-order chi connectivity index (χ1) is 15.0. The van der Waals surface area contributed by atoms with Gasteiger partial charge in [-0.05, 0) is 56.2 Å². The summed E-state index contributed by atoms with van der Waals surface area (Å²) < 4.78 is 5.71. The number of anilines is 1. The standard InChI is InChI=1S/C24H23N3O4/c1-16-4-8-18(9-5-16)23(29)26(15-20-3-2-12-31-20)21-13-22(28)27(24(21)30)19-10-6-17(14-25)7-11-19/h4-11,20-21H,2-3,12-13,15H2,1H3. The van der Waals surface area contributed by atoms with E-state index in [1.807, 2.05) is 25.1 Å². The van der Waals surface area contributed by atoms with Crippen molar-refractivity contribution in [2.75, 3.05) is 18.1 Å². The second kappa shape index (κ2) is 8.70. The fraction of sp³-hybridized carbons (Fsp3) is 0.333. The van der Waals surface area contributed by atoms with Crippen LogP contribution in [0.1, 0.15) is 40.7 Å². The van der Waals surface area contributed by atoms with Gasteiger partial charge in [0.15, 0.2) is 0 Å². The maximum absolute atomic E-state index is 13.4. The number of aryl methyl sites for hydroxylation is 1. The van der Waals surface area contributed by atoms with Gasteiger partial charge in [-0.15, -0.1) is 0 Å². The average Bonchev–Trinajstić information content (AvgIpc) is 3.39. The molecule has 0 bridgehead atoms. The first-order valence-electron chi connectivity index (χ1n) is 10.3. The second-order valence-electron chi connectivity index (χ2n) is 7.90. The molecule has 2 heterocycles. The van der Waals surface area contributed by atoms with E-state index in [1.165, 1.54) is 4.90 Å². The molecule has 0 saturated carbocycles. The van der Waals surface area contributed by atoms with E-state index in [1.54, 1.807) is 36.4 Å². The van der Waals surface area contributed by atoms with E-state index in [4.69, 9.17) is 10.00 Å². The summed E-state index contributed by atoms with van der Waals surface area (Å²) in [6, 6.07) is 14.6. The van der Waals surface area contributed by atoms with Crippen molar-refractivity contribution in [2.24, 2.45) is 0 Å². The van der Waals surface area contributed by atoms with Crippen LogP contribution in [0.4, 0.5) is 5.69 Å². The molecular formula is C24H23N3O4. The summed E-state index contributed by atoms with van der Waals surface area (Å²) in [5, 5.41) is 8.98. The summed E-state index contributed by atoms with van der Waals surface area (Å²) in [4.78, 5) is 42.0. The monoisotopic (exact) mass is 417 g/mol. The van der Waals surface area contributed by atoms with Crippen molar-refractivity contribution in [3.8, 4) is 6.07 Å². The molecule has 31 heavy (non-hydrogen) atoms. The average molecular weight is 417 g/mol. The smallest absolute Gasteiger partial charge is 0.257 e. The van der Waals surface area contributed by atoms with Gasteiger partial charge >= 0.3 is 0 Å². The Labute approximate surface area is 180 Å². The van der Waals surface area contributed by atoms with E-state index in [0.717, 1.165) is 23.3 Å². The molecule has 0 spiro atoms. The number of nitriles is 1. The van der Waals surface area contributed by atoms with Gasteiger partial charge < -0.3 is 9.64 Å². The number of hydrogen-bond donors (Lipinski definition) is 0. The Balaban J connectivity index is 1.63. The molecule has 2 aliphatic rings. The van der Waals surface area contributed by atoms with Crippen molar-refractivity contribution < 1.29 is 19.1 Å². The summed E-state index contributed by atoms with van der Waals surface area (Å²) in [5.74, 6) is -1.09. The topological polar surface area (TPSA) is 90.7 Å². The van der Waals surface area contributed by atoms with Crippen LogP contribution in [0, 0.1) is 18.3 Å². The normalized spacial score (nSPS) is 20.7. The highest BCUT2D eigenvalue weighted by molar-refractivity contribution is 6.23. The van der Waals surface area contributed by atoms with Gasteiger partial charge in [0.05, 0.1) is 29.8 Å². The SMILES string of the molecule is Cc1ccc(C(=O)N(CC2CCCO2)C2CC(=O)N(c3ccc(C#N)cc3)C2=O)cc1. The lowest BCUT2D eigenvalue weighted by atomic mass is 10.1. The molecule has 2 aromatic carbocycles. The van der Waals surface area contributed by atoms with Crippen molar-refractivity contribution >= 4 is 23.4 Å². The van der Waals surface area contributed by atoms with E-state index in [9.17, 15) is 14.4 Å². The Hall–Kier alpha value is -3.50. The van der Waals surface area contributed by atoms with Crippen molar-refractivity contribution in [3.63, 3.8) is 0 Å².